The Balaban J connectivity index is 2.40. The molecule has 20 heavy (non-hydrogen) atoms. The highest BCUT2D eigenvalue weighted by Crippen LogP contribution is 2.16. The van der Waals surface area contributed by atoms with Gasteiger partial charge in [-0.3, -0.25) is 0 Å². The van der Waals surface area contributed by atoms with Crippen molar-refractivity contribution in [3.63, 3.8) is 0 Å². The summed E-state index contributed by atoms with van der Waals surface area (Å²) in [6.45, 7) is 4.23. The van der Waals surface area contributed by atoms with E-state index in [0.29, 0.717) is 24.3 Å². The van der Waals surface area contributed by atoms with E-state index < -0.39 is 9.84 Å². The van der Waals surface area contributed by atoms with Gasteiger partial charge in [0.1, 0.15) is 11.8 Å². The van der Waals surface area contributed by atoms with Gasteiger partial charge < -0.3 is 4.74 Å². The first-order valence-electron chi connectivity index (χ1n) is 6.81. The van der Waals surface area contributed by atoms with Crippen molar-refractivity contribution in [3.05, 3.63) is 29.8 Å². The highest BCUT2D eigenvalue weighted by Gasteiger charge is 2.14. The van der Waals surface area contributed by atoms with Crippen LogP contribution < -0.4 is 4.74 Å². The smallest absolute Gasteiger partial charge is 0.150 e. The standard InChI is InChI=1S/C15H21NO3S/c1-3-13(2)12-20(17,18)10-6-9-19-15-8-5-4-7-14(15)11-16/h4-5,7-8,13H,3,6,9-10,12H2,1-2H3. The van der Waals surface area contributed by atoms with Crippen LogP contribution >= 0.6 is 0 Å². The number of hydrogen-bond donors (Lipinski definition) is 0. The summed E-state index contributed by atoms with van der Waals surface area (Å²) in [4.78, 5) is 0. The van der Waals surface area contributed by atoms with Crippen LogP contribution in [0.2, 0.25) is 0 Å². The van der Waals surface area contributed by atoms with E-state index in [-0.39, 0.29) is 17.4 Å². The molecule has 1 rings (SSSR count). The van der Waals surface area contributed by atoms with Crippen molar-refractivity contribution < 1.29 is 13.2 Å². The summed E-state index contributed by atoms with van der Waals surface area (Å²) in [5.41, 5.74) is 0.468. The van der Waals surface area contributed by atoms with E-state index in [1.165, 1.54) is 0 Å². The zero-order valence-electron chi connectivity index (χ0n) is 12.0. The zero-order valence-corrected chi connectivity index (χ0v) is 12.8. The molecule has 110 valence electrons. The molecule has 1 atom stereocenters. The second-order valence-electron chi connectivity index (χ2n) is 4.94. The Morgan fingerprint density at radius 2 is 2.05 bits per heavy atom. The van der Waals surface area contributed by atoms with E-state index >= 15 is 0 Å². The minimum absolute atomic E-state index is 0.131. The molecule has 0 radical (unpaired) electrons. The lowest BCUT2D eigenvalue weighted by atomic mass is 10.2. The number of ether oxygens (including phenoxy) is 1. The maximum Gasteiger partial charge on any atom is 0.150 e. The fourth-order valence-electron chi connectivity index (χ4n) is 1.78. The van der Waals surface area contributed by atoms with Gasteiger partial charge in [0.15, 0.2) is 9.84 Å². The Labute approximate surface area is 121 Å². The van der Waals surface area contributed by atoms with Crippen molar-refractivity contribution in [1.82, 2.24) is 0 Å². The van der Waals surface area contributed by atoms with Crippen LogP contribution in [0, 0.1) is 17.2 Å². The lowest BCUT2D eigenvalue weighted by Gasteiger charge is -2.10. The molecule has 4 nitrogen and oxygen atoms in total. The maximum atomic E-state index is 11.8. The molecule has 1 unspecified atom stereocenters. The van der Waals surface area contributed by atoms with Crippen LogP contribution in [-0.4, -0.2) is 26.5 Å². The largest absolute Gasteiger partial charge is 0.492 e. The number of nitrogens with zero attached hydrogens (tertiary/aromatic N) is 1. The summed E-state index contributed by atoms with van der Waals surface area (Å²) in [7, 11) is -3.01. The number of nitriles is 1. The summed E-state index contributed by atoms with van der Waals surface area (Å²) in [5.74, 6) is 1.07. The van der Waals surface area contributed by atoms with Crippen LogP contribution in [0.3, 0.4) is 0 Å². The van der Waals surface area contributed by atoms with E-state index in [9.17, 15) is 8.42 Å². The maximum absolute atomic E-state index is 11.8. The first kappa shape index (κ1) is 16.5. The van der Waals surface area contributed by atoms with Crippen LogP contribution in [-0.2, 0) is 9.84 Å². The Bertz CT molecular complexity index is 561. The molecule has 0 aliphatic rings. The molecule has 0 aliphatic carbocycles. The van der Waals surface area contributed by atoms with Gasteiger partial charge in [-0.2, -0.15) is 5.26 Å². The van der Waals surface area contributed by atoms with Crippen molar-refractivity contribution in [2.24, 2.45) is 5.92 Å². The summed E-state index contributed by atoms with van der Waals surface area (Å²) < 4.78 is 29.1. The molecule has 0 fully saturated rings. The summed E-state index contributed by atoms with van der Waals surface area (Å²) in [6, 6.07) is 8.99. The highest BCUT2D eigenvalue weighted by atomic mass is 32.2. The van der Waals surface area contributed by atoms with E-state index in [2.05, 4.69) is 0 Å². The van der Waals surface area contributed by atoms with Crippen LogP contribution in [0.4, 0.5) is 0 Å². The highest BCUT2D eigenvalue weighted by molar-refractivity contribution is 7.91. The molecule has 0 saturated carbocycles. The van der Waals surface area contributed by atoms with Gasteiger partial charge >= 0.3 is 0 Å². The molecule has 1 aromatic carbocycles. The van der Waals surface area contributed by atoms with E-state index in [1.807, 2.05) is 19.9 Å². The summed E-state index contributed by atoms with van der Waals surface area (Å²) in [5, 5.41) is 8.90. The first-order chi connectivity index (χ1) is 9.48. The van der Waals surface area contributed by atoms with Crippen molar-refractivity contribution in [3.8, 4) is 11.8 Å². The van der Waals surface area contributed by atoms with Crippen LogP contribution in [0.5, 0.6) is 5.75 Å². The number of benzene rings is 1. The van der Waals surface area contributed by atoms with Gasteiger partial charge in [-0.25, -0.2) is 8.42 Å². The van der Waals surface area contributed by atoms with Gasteiger partial charge in [-0.1, -0.05) is 32.4 Å². The van der Waals surface area contributed by atoms with Gasteiger partial charge in [0.25, 0.3) is 0 Å². The fraction of sp³-hybridized carbons (Fsp3) is 0.533. The third-order valence-electron chi connectivity index (χ3n) is 3.10. The second kappa shape index (κ2) is 7.91. The van der Waals surface area contributed by atoms with Crippen LogP contribution in [0.15, 0.2) is 24.3 Å². The monoisotopic (exact) mass is 295 g/mol. The topological polar surface area (TPSA) is 67.2 Å². The van der Waals surface area contributed by atoms with E-state index in [1.54, 1.807) is 24.3 Å². The van der Waals surface area contributed by atoms with Crippen molar-refractivity contribution >= 4 is 9.84 Å². The minimum Gasteiger partial charge on any atom is -0.492 e. The third kappa shape index (κ3) is 5.62. The van der Waals surface area contributed by atoms with Crippen molar-refractivity contribution in [1.29, 1.82) is 5.26 Å². The van der Waals surface area contributed by atoms with Gasteiger partial charge in [-0.05, 0) is 24.5 Å². The molecule has 0 saturated heterocycles. The number of para-hydroxylation sites is 1. The molecule has 1 aromatic rings. The predicted octanol–water partition coefficient (Wildman–Crippen LogP) is 2.79. The van der Waals surface area contributed by atoms with Gasteiger partial charge in [0, 0.05) is 0 Å². The van der Waals surface area contributed by atoms with Crippen molar-refractivity contribution in [2.75, 3.05) is 18.1 Å². The molecular weight excluding hydrogens is 274 g/mol. The fourth-order valence-corrected chi connectivity index (χ4v) is 3.61. The molecule has 0 heterocycles. The third-order valence-corrected chi connectivity index (χ3v) is 5.09. The Morgan fingerprint density at radius 3 is 2.70 bits per heavy atom. The second-order valence-corrected chi connectivity index (χ2v) is 7.17. The lowest BCUT2D eigenvalue weighted by molar-refractivity contribution is 0.316. The van der Waals surface area contributed by atoms with Gasteiger partial charge in [-0.15, -0.1) is 0 Å². The molecule has 5 heteroatoms. The van der Waals surface area contributed by atoms with Crippen LogP contribution in [0.25, 0.3) is 0 Å². The molecule has 0 amide bonds. The first-order valence-corrected chi connectivity index (χ1v) is 8.63. The number of rotatable bonds is 8. The van der Waals surface area contributed by atoms with Crippen LogP contribution in [0.1, 0.15) is 32.3 Å². The van der Waals surface area contributed by atoms with E-state index in [0.717, 1.165) is 6.42 Å². The van der Waals surface area contributed by atoms with Crippen molar-refractivity contribution in [2.45, 2.75) is 26.7 Å². The molecular formula is C15H21NO3S. The molecule has 0 bridgehead atoms. The van der Waals surface area contributed by atoms with Gasteiger partial charge in [0.2, 0.25) is 0 Å². The minimum atomic E-state index is -3.01. The normalized spacial score (nSPS) is 12.7. The molecule has 0 aromatic heterocycles. The summed E-state index contributed by atoms with van der Waals surface area (Å²) >= 11 is 0. The SMILES string of the molecule is CCC(C)CS(=O)(=O)CCCOc1ccccc1C#N. The van der Waals surface area contributed by atoms with Gasteiger partial charge in [0.05, 0.1) is 23.7 Å². The lowest BCUT2D eigenvalue weighted by Crippen LogP contribution is -2.18. The molecule has 0 aliphatic heterocycles. The quantitative estimate of drug-likeness (QED) is 0.692. The Hall–Kier alpha value is -1.54. The Kier molecular flexibility index (Phi) is 6.53. The molecule has 0 N–H and O–H groups in total. The Morgan fingerprint density at radius 1 is 1.35 bits per heavy atom. The predicted molar refractivity (Wildman–Crippen MR) is 79.4 cm³/mol. The molecule has 0 spiro atoms. The average Bonchev–Trinajstić information content (AvgIpc) is 2.43. The zero-order chi connectivity index (χ0) is 15.0. The number of hydrogen-bond acceptors (Lipinski definition) is 4. The number of sulfone groups is 1. The summed E-state index contributed by atoms with van der Waals surface area (Å²) in [6.07, 6.45) is 1.31. The van der Waals surface area contributed by atoms with E-state index in [4.69, 9.17) is 10.00 Å². The average molecular weight is 295 g/mol.